The van der Waals surface area contributed by atoms with Gasteiger partial charge in [0.2, 0.25) is 0 Å². The molecule has 0 aliphatic rings. The first-order chi connectivity index (χ1) is 12.0. The lowest BCUT2D eigenvalue weighted by atomic mass is 10.1. The summed E-state index contributed by atoms with van der Waals surface area (Å²) in [5, 5.41) is 23.0. The van der Waals surface area contributed by atoms with E-state index in [4.69, 9.17) is 0 Å². The van der Waals surface area contributed by atoms with Crippen molar-refractivity contribution in [3.8, 4) is 6.07 Å². The normalized spacial score (nSPS) is 12.0. The molecule has 0 aliphatic carbocycles. The lowest BCUT2D eigenvalue weighted by Crippen LogP contribution is -2.13. The maximum Gasteiger partial charge on any atom is 0.124 e. The molecule has 0 bridgehead atoms. The van der Waals surface area contributed by atoms with Gasteiger partial charge < -0.3 is 10.4 Å². The molecular formula is C19H15F2N3O. The number of hydrogen-bond acceptors (Lipinski definition) is 4. The number of halogens is 2. The van der Waals surface area contributed by atoms with Crippen molar-refractivity contribution in [2.75, 3.05) is 11.9 Å². The molecular weight excluding hydrogens is 324 g/mol. The number of aliphatic hydroxyl groups excluding tert-OH is 1. The van der Waals surface area contributed by atoms with E-state index in [0.29, 0.717) is 27.7 Å². The van der Waals surface area contributed by atoms with Gasteiger partial charge in [-0.25, -0.2) is 8.78 Å². The van der Waals surface area contributed by atoms with E-state index in [1.54, 1.807) is 6.92 Å². The fraction of sp³-hybridized carbons (Fsp3) is 0.158. The molecule has 0 spiro atoms. The minimum atomic E-state index is -0.912. The van der Waals surface area contributed by atoms with Crippen LogP contribution in [0.15, 0.2) is 42.6 Å². The largest absolute Gasteiger partial charge is 0.387 e. The van der Waals surface area contributed by atoms with Crippen LogP contribution in [0.3, 0.4) is 0 Å². The van der Waals surface area contributed by atoms with Gasteiger partial charge in [0.15, 0.2) is 0 Å². The van der Waals surface area contributed by atoms with Gasteiger partial charge in [0.1, 0.15) is 17.7 Å². The van der Waals surface area contributed by atoms with E-state index in [-0.39, 0.29) is 17.9 Å². The van der Waals surface area contributed by atoms with Gasteiger partial charge in [-0.1, -0.05) is 12.1 Å². The van der Waals surface area contributed by atoms with E-state index in [0.717, 1.165) is 0 Å². The molecule has 1 unspecified atom stereocenters. The second kappa shape index (κ2) is 6.83. The number of anilines is 1. The Labute approximate surface area is 143 Å². The van der Waals surface area contributed by atoms with Crippen molar-refractivity contribution < 1.29 is 13.9 Å². The van der Waals surface area contributed by atoms with Crippen molar-refractivity contribution in [3.05, 3.63) is 70.9 Å². The molecule has 0 aliphatic heterocycles. The molecule has 0 saturated carbocycles. The highest BCUT2D eigenvalue weighted by molar-refractivity contribution is 5.95. The summed E-state index contributed by atoms with van der Waals surface area (Å²) in [6.45, 7) is 1.82. The number of aliphatic hydroxyl groups is 1. The smallest absolute Gasteiger partial charge is 0.124 e. The third-order valence-electron chi connectivity index (χ3n) is 3.97. The van der Waals surface area contributed by atoms with Crippen LogP contribution in [0.25, 0.3) is 10.9 Å². The lowest BCUT2D eigenvalue weighted by Gasteiger charge is -2.16. The van der Waals surface area contributed by atoms with Gasteiger partial charge in [-0.05, 0) is 42.3 Å². The summed E-state index contributed by atoms with van der Waals surface area (Å²) in [7, 11) is 0. The minimum Gasteiger partial charge on any atom is -0.387 e. The van der Waals surface area contributed by atoms with Crippen LogP contribution in [-0.4, -0.2) is 16.6 Å². The molecule has 25 heavy (non-hydrogen) atoms. The van der Waals surface area contributed by atoms with Gasteiger partial charge >= 0.3 is 0 Å². The molecule has 2 aromatic carbocycles. The maximum atomic E-state index is 13.8. The number of nitriles is 1. The standard InChI is InChI=1S/C19H15F2N3O/c1-11-6-15(21)7-16-18(11)23-9-13(8-22)19(16)24-10-17(25)12-2-4-14(20)5-3-12/h2-7,9,17,25H,10H2,1H3,(H,23,24). The van der Waals surface area contributed by atoms with Gasteiger partial charge in [0, 0.05) is 18.1 Å². The van der Waals surface area contributed by atoms with Gasteiger partial charge in [0.05, 0.1) is 22.9 Å². The van der Waals surface area contributed by atoms with E-state index in [1.165, 1.54) is 42.6 Å². The molecule has 4 nitrogen and oxygen atoms in total. The number of aryl methyl sites for hydroxylation is 1. The molecule has 2 N–H and O–H groups in total. The monoisotopic (exact) mass is 339 g/mol. The summed E-state index contributed by atoms with van der Waals surface area (Å²) in [5.74, 6) is -0.814. The van der Waals surface area contributed by atoms with Crippen LogP contribution >= 0.6 is 0 Å². The first-order valence-corrected chi connectivity index (χ1v) is 7.66. The third kappa shape index (κ3) is 3.42. The predicted octanol–water partition coefficient (Wildman–Crippen LogP) is 3.84. The van der Waals surface area contributed by atoms with Crippen LogP contribution < -0.4 is 5.32 Å². The first-order valence-electron chi connectivity index (χ1n) is 7.66. The number of fused-ring (bicyclic) bond motifs is 1. The van der Waals surface area contributed by atoms with E-state index in [2.05, 4.69) is 10.3 Å². The number of pyridine rings is 1. The second-order valence-electron chi connectivity index (χ2n) is 5.73. The van der Waals surface area contributed by atoms with Gasteiger partial charge in [0.25, 0.3) is 0 Å². The number of rotatable bonds is 4. The molecule has 6 heteroatoms. The van der Waals surface area contributed by atoms with Crippen LogP contribution in [0, 0.1) is 29.9 Å². The number of nitrogens with zero attached hydrogens (tertiary/aromatic N) is 2. The zero-order valence-corrected chi connectivity index (χ0v) is 13.4. The summed E-state index contributed by atoms with van der Waals surface area (Å²) in [6.07, 6.45) is 0.504. The van der Waals surface area contributed by atoms with Crippen molar-refractivity contribution in [1.82, 2.24) is 4.98 Å². The number of benzene rings is 2. The van der Waals surface area contributed by atoms with Crippen LogP contribution in [0.1, 0.15) is 22.8 Å². The van der Waals surface area contributed by atoms with Crippen molar-refractivity contribution in [2.24, 2.45) is 0 Å². The summed E-state index contributed by atoms with van der Waals surface area (Å²) >= 11 is 0. The van der Waals surface area contributed by atoms with Crippen LogP contribution in [-0.2, 0) is 0 Å². The highest BCUT2D eigenvalue weighted by atomic mass is 19.1. The van der Waals surface area contributed by atoms with Crippen molar-refractivity contribution >= 4 is 16.6 Å². The van der Waals surface area contributed by atoms with Gasteiger partial charge in [-0.15, -0.1) is 0 Å². The average Bonchev–Trinajstić information content (AvgIpc) is 2.59. The van der Waals surface area contributed by atoms with Crippen LogP contribution in [0.5, 0.6) is 0 Å². The second-order valence-corrected chi connectivity index (χ2v) is 5.73. The van der Waals surface area contributed by atoms with E-state index in [9.17, 15) is 19.1 Å². The molecule has 0 amide bonds. The van der Waals surface area contributed by atoms with Gasteiger partial charge in [-0.2, -0.15) is 5.26 Å². The Morgan fingerprint density at radius 2 is 1.92 bits per heavy atom. The molecule has 1 aromatic heterocycles. The summed E-state index contributed by atoms with van der Waals surface area (Å²) in [6, 6.07) is 10.2. The Morgan fingerprint density at radius 1 is 1.20 bits per heavy atom. The van der Waals surface area contributed by atoms with Crippen molar-refractivity contribution in [2.45, 2.75) is 13.0 Å². The molecule has 1 atom stereocenters. The SMILES string of the molecule is Cc1cc(F)cc2c(NCC(O)c3ccc(F)cc3)c(C#N)cnc12. The Balaban J connectivity index is 1.94. The fourth-order valence-corrected chi connectivity index (χ4v) is 2.71. The van der Waals surface area contributed by atoms with E-state index >= 15 is 0 Å². The zero-order chi connectivity index (χ0) is 18.0. The third-order valence-corrected chi connectivity index (χ3v) is 3.97. The quantitative estimate of drug-likeness (QED) is 0.758. The predicted molar refractivity (Wildman–Crippen MR) is 91.0 cm³/mol. The number of nitrogens with one attached hydrogen (secondary N) is 1. The first kappa shape index (κ1) is 16.8. The lowest BCUT2D eigenvalue weighted by molar-refractivity contribution is 0.191. The molecule has 126 valence electrons. The Hall–Kier alpha value is -3.04. The molecule has 0 saturated heterocycles. The molecule has 3 aromatic rings. The fourth-order valence-electron chi connectivity index (χ4n) is 2.71. The van der Waals surface area contributed by atoms with Gasteiger partial charge in [-0.3, -0.25) is 4.98 Å². The maximum absolute atomic E-state index is 13.8. The van der Waals surface area contributed by atoms with E-state index in [1.807, 2.05) is 6.07 Å². The van der Waals surface area contributed by atoms with Crippen molar-refractivity contribution in [3.63, 3.8) is 0 Å². The summed E-state index contributed by atoms with van der Waals surface area (Å²) in [4.78, 5) is 4.21. The van der Waals surface area contributed by atoms with Crippen LogP contribution in [0.2, 0.25) is 0 Å². The Morgan fingerprint density at radius 3 is 2.60 bits per heavy atom. The Kier molecular flexibility index (Phi) is 4.59. The number of aromatic nitrogens is 1. The molecule has 3 rings (SSSR count). The van der Waals surface area contributed by atoms with Crippen molar-refractivity contribution in [1.29, 1.82) is 5.26 Å². The van der Waals surface area contributed by atoms with E-state index < -0.39 is 11.9 Å². The highest BCUT2D eigenvalue weighted by Gasteiger charge is 2.14. The summed E-state index contributed by atoms with van der Waals surface area (Å²) in [5.41, 5.74) is 2.44. The minimum absolute atomic E-state index is 0.0784. The molecule has 1 heterocycles. The summed E-state index contributed by atoms with van der Waals surface area (Å²) < 4.78 is 26.8. The zero-order valence-electron chi connectivity index (χ0n) is 13.4. The topological polar surface area (TPSA) is 68.9 Å². The Bertz CT molecular complexity index is 965. The number of hydrogen-bond donors (Lipinski definition) is 2. The average molecular weight is 339 g/mol. The highest BCUT2D eigenvalue weighted by Crippen LogP contribution is 2.29. The van der Waals surface area contributed by atoms with Crippen LogP contribution in [0.4, 0.5) is 14.5 Å². The molecule has 0 radical (unpaired) electrons. The molecule has 0 fully saturated rings.